The summed E-state index contributed by atoms with van der Waals surface area (Å²) in [5, 5.41) is 12.7. The first-order valence-corrected chi connectivity index (χ1v) is 9.27. The van der Waals surface area contributed by atoms with E-state index in [1.807, 2.05) is 11.2 Å². The maximum atomic E-state index is 12.4. The van der Waals surface area contributed by atoms with E-state index >= 15 is 0 Å². The number of rotatable bonds is 2. The summed E-state index contributed by atoms with van der Waals surface area (Å²) in [4.78, 5) is 18.9. The van der Waals surface area contributed by atoms with Gasteiger partial charge in [0.25, 0.3) is 0 Å². The number of urea groups is 1. The summed E-state index contributed by atoms with van der Waals surface area (Å²) in [5.41, 5.74) is 3.44. The largest absolute Gasteiger partial charge is 0.393 e. The van der Waals surface area contributed by atoms with Gasteiger partial charge in [0.05, 0.1) is 23.5 Å². The molecule has 134 valence electrons. The maximum absolute atomic E-state index is 12.4. The molecule has 2 aromatic rings. The van der Waals surface area contributed by atoms with Crippen molar-refractivity contribution in [1.29, 1.82) is 0 Å². The van der Waals surface area contributed by atoms with E-state index < -0.39 is 0 Å². The lowest BCUT2D eigenvalue weighted by Crippen LogP contribution is -2.47. The molecule has 2 N–H and O–H groups in total. The highest BCUT2D eigenvalue weighted by molar-refractivity contribution is 5.76. The second-order valence-electron chi connectivity index (χ2n) is 7.48. The lowest BCUT2D eigenvalue weighted by molar-refractivity contribution is 0.164. The first-order valence-electron chi connectivity index (χ1n) is 9.27. The summed E-state index contributed by atoms with van der Waals surface area (Å²) >= 11 is 0. The van der Waals surface area contributed by atoms with Crippen molar-refractivity contribution < 1.29 is 9.90 Å². The van der Waals surface area contributed by atoms with Crippen molar-refractivity contribution in [2.75, 3.05) is 13.1 Å². The molecule has 2 aliphatic rings. The fourth-order valence-corrected chi connectivity index (χ4v) is 4.13. The number of likely N-dealkylation sites (tertiary alicyclic amines) is 1. The Labute approximate surface area is 147 Å². The van der Waals surface area contributed by atoms with Crippen molar-refractivity contribution in [3.8, 4) is 0 Å². The van der Waals surface area contributed by atoms with Crippen molar-refractivity contribution in [3.63, 3.8) is 0 Å². The van der Waals surface area contributed by atoms with Gasteiger partial charge in [-0.3, -0.25) is 0 Å². The van der Waals surface area contributed by atoms with Crippen molar-refractivity contribution in [1.82, 2.24) is 19.8 Å². The number of aliphatic hydroxyl groups is 1. The van der Waals surface area contributed by atoms with Gasteiger partial charge in [0.1, 0.15) is 0 Å². The number of imidazole rings is 1. The molecule has 0 radical (unpaired) electrons. The van der Waals surface area contributed by atoms with Gasteiger partial charge in [-0.25, -0.2) is 9.78 Å². The third-order valence-electron chi connectivity index (χ3n) is 5.61. The number of amides is 2. The highest BCUT2D eigenvalue weighted by Crippen LogP contribution is 2.27. The molecule has 6 heteroatoms. The Morgan fingerprint density at radius 2 is 2.04 bits per heavy atom. The Morgan fingerprint density at radius 3 is 2.76 bits per heavy atom. The first kappa shape index (κ1) is 16.4. The van der Waals surface area contributed by atoms with Gasteiger partial charge < -0.3 is 19.9 Å². The van der Waals surface area contributed by atoms with Crippen LogP contribution in [0.3, 0.4) is 0 Å². The zero-order chi connectivity index (χ0) is 17.4. The minimum absolute atomic E-state index is 0.0173. The smallest absolute Gasteiger partial charge is 0.317 e. The van der Waals surface area contributed by atoms with Crippen LogP contribution in [0.15, 0.2) is 24.5 Å². The van der Waals surface area contributed by atoms with Gasteiger partial charge in [-0.2, -0.15) is 0 Å². The van der Waals surface area contributed by atoms with E-state index in [0.29, 0.717) is 12.5 Å². The zero-order valence-electron chi connectivity index (χ0n) is 14.7. The van der Waals surface area contributed by atoms with Gasteiger partial charge in [-0.15, -0.1) is 0 Å². The fraction of sp³-hybridized carbons (Fsp3) is 0.579. The molecule has 2 amide bonds. The lowest BCUT2D eigenvalue weighted by Gasteiger charge is -2.33. The predicted molar refractivity (Wildman–Crippen MR) is 96.5 cm³/mol. The summed E-state index contributed by atoms with van der Waals surface area (Å²) in [6.07, 6.45) is 5.92. The number of piperidine rings is 1. The van der Waals surface area contributed by atoms with Gasteiger partial charge in [0.15, 0.2) is 0 Å². The number of hydrogen-bond acceptors (Lipinski definition) is 3. The highest BCUT2D eigenvalue weighted by atomic mass is 16.3. The maximum Gasteiger partial charge on any atom is 0.317 e. The Kier molecular flexibility index (Phi) is 4.37. The monoisotopic (exact) mass is 342 g/mol. The second-order valence-corrected chi connectivity index (χ2v) is 7.48. The average molecular weight is 342 g/mol. The molecule has 1 saturated heterocycles. The highest BCUT2D eigenvalue weighted by Gasteiger charge is 2.28. The molecular formula is C19H26N4O2. The fourth-order valence-electron chi connectivity index (χ4n) is 4.13. The van der Waals surface area contributed by atoms with Crippen LogP contribution in [-0.2, 0) is 0 Å². The number of aromatic nitrogens is 2. The molecule has 1 aliphatic heterocycles. The van der Waals surface area contributed by atoms with Crippen LogP contribution in [-0.4, -0.2) is 50.8 Å². The van der Waals surface area contributed by atoms with Crippen molar-refractivity contribution in [3.05, 3.63) is 30.1 Å². The summed E-state index contributed by atoms with van der Waals surface area (Å²) in [6, 6.07) is 6.92. The Bertz CT molecular complexity index is 764. The Balaban J connectivity index is 1.37. The Hall–Kier alpha value is -2.08. The molecule has 1 aromatic carbocycles. The van der Waals surface area contributed by atoms with E-state index in [1.165, 1.54) is 11.1 Å². The normalized spacial score (nSPS) is 24.8. The standard InChI is InChI=1S/C19H26N4O2/c1-13-2-5-18-17(10-13)20-12-23(18)15-6-8-22(9-7-15)19(25)21-14-3-4-16(24)11-14/h2,5,10,12,14-16,24H,3-4,6-9,11H2,1H3,(H,21,25). The van der Waals surface area contributed by atoms with Crippen LogP contribution < -0.4 is 5.32 Å². The van der Waals surface area contributed by atoms with Crippen molar-refractivity contribution in [2.24, 2.45) is 0 Å². The zero-order valence-corrected chi connectivity index (χ0v) is 14.7. The molecule has 2 atom stereocenters. The van der Waals surface area contributed by atoms with Gasteiger partial charge in [0.2, 0.25) is 0 Å². The van der Waals surface area contributed by atoms with Crippen LogP contribution in [0.4, 0.5) is 4.79 Å². The van der Waals surface area contributed by atoms with E-state index in [0.717, 1.165) is 44.3 Å². The third kappa shape index (κ3) is 3.35. The van der Waals surface area contributed by atoms with Crippen molar-refractivity contribution in [2.45, 2.75) is 57.2 Å². The second kappa shape index (κ2) is 6.67. The molecule has 0 spiro atoms. The molecule has 2 fully saturated rings. The summed E-state index contributed by atoms with van der Waals surface area (Å²) < 4.78 is 2.26. The van der Waals surface area contributed by atoms with Gasteiger partial charge >= 0.3 is 6.03 Å². The van der Waals surface area contributed by atoms with Crippen molar-refractivity contribution >= 4 is 17.1 Å². The van der Waals surface area contributed by atoms with Gasteiger partial charge in [-0.1, -0.05) is 6.07 Å². The molecule has 1 saturated carbocycles. The van der Waals surface area contributed by atoms with E-state index in [2.05, 4.69) is 40.0 Å². The number of hydrogen-bond donors (Lipinski definition) is 2. The van der Waals surface area contributed by atoms with E-state index in [9.17, 15) is 9.90 Å². The van der Waals surface area contributed by atoms with Crippen LogP contribution in [0.1, 0.15) is 43.7 Å². The number of fused-ring (bicyclic) bond motifs is 1. The number of carbonyl (C=O) groups is 1. The topological polar surface area (TPSA) is 70.4 Å². The third-order valence-corrected chi connectivity index (χ3v) is 5.61. The molecule has 4 rings (SSSR count). The van der Waals surface area contributed by atoms with Crippen LogP contribution in [0.2, 0.25) is 0 Å². The average Bonchev–Trinajstić information content (AvgIpc) is 3.20. The minimum Gasteiger partial charge on any atom is -0.393 e. The van der Waals surface area contributed by atoms with Gasteiger partial charge in [-0.05, 0) is 56.7 Å². The number of carbonyl (C=O) groups excluding carboxylic acids is 1. The lowest BCUT2D eigenvalue weighted by atomic mass is 10.0. The molecule has 2 heterocycles. The first-order chi connectivity index (χ1) is 12.1. The quantitative estimate of drug-likeness (QED) is 0.881. The molecule has 0 bridgehead atoms. The number of nitrogens with zero attached hydrogens (tertiary/aromatic N) is 3. The SMILES string of the molecule is Cc1ccc2c(c1)ncn2C1CCN(C(=O)NC2CCC(O)C2)CC1. The number of aliphatic hydroxyl groups excluding tert-OH is 1. The minimum atomic E-state index is -0.255. The predicted octanol–water partition coefficient (Wildman–Crippen LogP) is 2.60. The number of nitrogens with one attached hydrogen (secondary N) is 1. The molecule has 2 unspecified atom stereocenters. The summed E-state index contributed by atoms with van der Waals surface area (Å²) in [6.45, 7) is 3.60. The van der Waals surface area contributed by atoms with Crippen LogP contribution >= 0.6 is 0 Å². The summed E-state index contributed by atoms with van der Waals surface area (Å²) in [5.74, 6) is 0. The molecule has 1 aromatic heterocycles. The van der Waals surface area contributed by atoms with Crippen LogP contribution in [0.25, 0.3) is 11.0 Å². The van der Waals surface area contributed by atoms with E-state index in [1.54, 1.807) is 0 Å². The van der Waals surface area contributed by atoms with Crippen LogP contribution in [0, 0.1) is 6.92 Å². The summed E-state index contributed by atoms with van der Waals surface area (Å²) in [7, 11) is 0. The Morgan fingerprint density at radius 1 is 1.24 bits per heavy atom. The van der Waals surface area contributed by atoms with E-state index in [4.69, 9.17) is 0 Å². The van der Waals surface area contributed by atoms with E-state index in [-0.39, 0.29) is 18.2 Å². The molecular weight excluding hydrogens is 316 g/mol. The molecule has 25 heavy (non-hydrogen) atoms. The van der Waals surface area contributed by atoms with Crippen LogP contribution in [0.5, 0.6) is 0 Å². The van der Waals surface area contributed by atoms with Gasteiger partial charge in [0, 0.05) is 25.2 Å². The number of aryl methyl sites for hydroxylation is 1. The molecule has 6 nitrogen and oxygen atoms in total. The molecule has 1 aliphatic carbocycles. The number of benzene rings is 1.